The summed E-state index contributed by atoms with van der Waals surface area (Å²) in [4.78, 5) is 43.3. The van der Waals surface area contributed by atoms with E-state index in [1.54, 1.807) is 19.9 Å². The van der Waals surface area contributed by atoms with E-state index in [-0.39, 0.29) is 25.2 Å². The Morgan fingerprint density at radius 1 is 0.941 bits per heavy atom. The predicted molar refractivity (Wildman–Crippen MR) is 201 cm³/mol. The summed E-state index contributed by atoms with van der Waals surface area (Å²) in [5.74, 6) is -2.59. The molecule has 4 rings (SSSR count). The Bertz CT molecular complexity index is 1400. The van der Waals surface area contributed by atoms with Crippen LogP contribution in [0.25, 0.3) is 0 Å². The van der Waals surface area contributed by atoms with Crippen LogP contribution in [0.4, 0.5) is 0 Å². The van der Waals surface area contributed by atoms with E-state index in [9.17, 15) is 19.8 Å². The first-order valence-electron chi connectivity index (χ1n) is 19.4. The lowest BCUT2D eigenvalue weighted by Crippen LogP contribution is -2.82. The number of ketones is 1. The van der Waals surface area contributed by atoms with Crippen molar-refractivity contribution in [3.63, 3.8) is 0 Å². The third kappa shape index (κ3) is 6.40. The van der Waals surface area contributed by atoms with Crippen molar-refractivity contribution in [3.8, 4) is 0 Å². The molecule has 10 nitrogen and oxygen atoms in total. The summed E-state index contributed by atoms with van der Waals surface area (Å²) in [5.41, 5.74) is -4.65. The minimum Gasteiger partial charge on any atom is -0.455 e. The second-order valence-electron chi connectivity index (χ2n) is 16.5. The first-order chi connectivity index (χ1) is 23.7. The van der Waals surface area contributed by atoms with Crippen molar-refractivity contribution in [1.82, 2.24) is 0 Å². The maximum Gasteiger partial charge on any atom is 0.333 e. The molecule has 1 aliphatic heterocycles. The first-order valence-corrected chi connectivity index (χ1v) is 24.5. The predicted octanol–water partition coefficient (Wildman–Crippen LogP) is 6.79. The van der Waals surface area contributed by atoms with Crippen LogP contribution < -0.4 is 0 Å². The number of rotatable bonds is 13. The van der Waals surface area contributed by atoms with Crippen LogP contribution in [0.2, 0.25) is 36.3 Å². The summed E-state index contributed by atoms with van der Waals surface area (Å²) in [6.45, 7) is 24.8. The fraction of sp³-hybridized carbons (Fsp3) is 0.821. The van der Waals surface area contributed by atoms with Gasteiger partial charge in [0.2, 0.25) is 0 Å². The van der Waals surface area contributed by atoms with E-state index >= 15 is 4.79 Å². The molecule has 1 heterocycles. The van der Waals surface area contributed by atoms with E-state index in [1.807, 2.05) is 27.7 Å². The number of Topliss-reactive ketones (excluding diaryl/α,β-unsaturated/α-hetero) is 1. The lowest BCUT2D eigenvalue weighted by Gasteiger charge is -2.68. The number of aliphatic hydroxyl groups excluding tert-OH is 1. The summed E-state index contributed by atoms with van der Waals surface area (Å²) in [5, 5.41) is 25.3. The number of allylic oxidation sites excluding steroid dienone is 1. The number of hydrogen-bond donors (Lipinski definition) is 2. The smallest absolute Gasteiger partial charge is 0.333 e. The molecule has 3 fully saturated rings. The number of fused-ring (bicyclic) bond motifs is 5. The SMILES string of the molecule is C/C=C(\C)C(=O)O[C@H]1[C@@H]2[C@]3(OC(C)=O)CO[C@@H]3C[C@H](O[Si](CC)(CC)CC)[C@@]2(C)C(=O)[C@H](O[Si](CC)(CC)CC)C2=C(C)[C@@H](O)C[C@]1(O)C2(C)C. The second kappa shape index (κ2) is 14.9. The Labute approximate surface area is 308 Å². The van der Waals surface area contributed by atoms with Gasteiger partial charge in [0.25, 0.3) is 0 Å². The number of ether oxygens (including phenoxy) is 3. The Balaban J connectivity index is 2.20. The number of aliphatic hydroxyl groups is 2. The Hall–Kier alpha value is -1.68. The van der Waals surface area contributed by atoms with Crippen molar-refractivity contribution < 1.29 is 47.7 Å². The van der Waals surface area contributed by atoms with E-state index in [0.29, 0.717) is 16.7 Å². The molecule has 3 aliphatic carbocycles. The highest BCUT2D eigenvalue weighted by Gasteiger charge is 2.78. The highest BCUT2D eigenvalue weighted by atomic mass is 28.4. The topological polar surface area (TPSA) is 138 Å². The van der Waals surface area contributed by atoms with E-state index < -0.39 is 87.0 Å². The molecule has 0 aromatic rings. The number of carbonyl (C=O) groups excluding carboxylic acids is 3. The molecule has 0 aromatic carbocycles. The summed E-state index contributed by atoms with van der Waals surface area (Å²) < 4.78 is 33.7. The largest absolute Gasteiger partial charge is 0.455 e. The van der Waals surface area contributed by atoms with Gasteiger partial charge in [0, 0.05) is 30.8 Å². The van der Waals surface area contributed by atoms with Gasteiger partial charge in [0.15, 0.2) is 28.0 Å². The van der Waals surface area contributed by atoms with Crippen LogP contribution in [0.1, 0.15) is 103 Å². The van der Waals surface area contributed by atoms with Gasteiger partial charge in [-0.05, 0) is 75.1 Å². The molecule has 0 spiro atoms. The summed E-state index contributed by atoms with van der Waals surface area (Å²) in [7, 11) is -4.95. The Morgan fingerprint density at radius 3 is 1.92 bits per heavy atom. The van der Waals surface area contributed by atoms with Crippen LogP contribution in [0.3, 0.4) is 0 Å². The third-order valence-corrected chi connectivity index (χ3v) is 23.5. The molecule has 2 saturated carbocycles. The quantitative estimate of drug-likeness (QED) is 0.0896. The van der Waals surface area contributed by atoms with Crippen LogP contribution in [-0.4, -0.2) is 92.9 Å². The summed E-state index contributed by atoms with van der Waals surface area (Å²) >= 11 is 0. The van der Waals surface area contributed by atoms with Crippen molar-refractivity contribution >= 4 is 34.4 Å². The fourth-order valence-corrected chi connectivity index (χ4v) is 15.7. The monoisotopic (exact) mass is 750 g/mol. The summed E-state index contributed by atoms with van der Waals surface area (Å²) in [6.07, 6.45) is -3.33. The maximum absolute atomic E-state index is 16.2. The molecule has 0 aromatic heterocycles. The molecule has 0 radical (unpaired) electrons. The molecule has 2 N–H and O–H groups in total. The molecule has 1 saturated heterocycles. The van der Waals surface area contributed by atoms with Crippen LogP contribution in [-0.2, 0) is 37.4 Å². The lowest BCUT2D eigenvalue weighted by molar-refractivity contribution is -0.345. The van der Waals surface area contributed by atoms with Crippen molar-refractivity contribution in [2.45, 2.75) is 181 Å². The fourth-order valence-electron chi connectivity index (χ4n) is 10.0. The minimum absolute atomic E-state index is 0.0457. The van der Waals surface area contributed by atoms with Gasteiger partial charge in [-0.2, -0.15) is 0 Å². The molecule has 2 bridgehead atoms. The molecule has 0 amide bonds. The molecule has 9 atom stereocenters. The average molecular weight is 751 g/mol. The number of esters is 2. The standard InChI is InChI=1S/C39H66O10Si2/c1-14-24(8)35(43)46-34-32-37(13,28(48-50(15-2,16-3)17-4)21-29-38(32,23-45-29)47-26(10)40)33(42)31(49-51(18-5,19-6)20-7)30-25(9)27(41)22-39(34,44)36(30,11)12/h14,27-29,31-32,34,41,44H,15-23H2,1-13H3/b24-14+/t27-,28-,29+,31+,32-,34-,37+,38-,39+/m0/s1. The van der Waals surface area contributed by atoms with E-state index in [1.165, 1.54) is 6.92 Å². The van der Waals surface area contributed by atoms with Gasteiger partial charge in [-0.15, -0.1) is 0 Å². The normalized spacial score (nSPS) is 36.7. The molecule has 290 valence electrons. The van der Waals surface area contributed by atoms with Crippen LogP contribution >= 0.6 is 0 Å². The van der Waals surface area contributed by atoms with Gasteiger partial charge in [-0.3, -0.25) is 9.59 Å². The Morgan fingerprint density at radius 2 is 1.47 bits per heavy atom. The highest BCUT2D eigenvalue weighted by Crippen LogP contribution is 2.65. The summed E-state index contributed by atoms with van der Waals surface area (Å²) in [6, 6.07) is 4.81. The van der Waals surface area contributed by atoms with Gasteiger partial charge in [-0.25, -0.2) is 4.79 Å². The molecule has 4 aliphatic rings. The van der Waals surface area contributed by atoms with Crippen LogP contribution in [0, 0.1) is 16.7 Å². The van der Waals surface area contributed by atoms with Gasteiger partial charge < -0.3 is 33.3 Å². The van der Waals surface area contributed by atoms with Crippen molar-refractivity contribution in [3.05, 3.63) is 22.8 Å². The van der Waals surface area contributed by atoms with Crippen molar-refractivity contribution in [2.75, 3.05) is 6.61 Å². The van der Waals surface area contributed by atoms with Crippen molar-refractivity contribution in [2.24, 2.45) is 16.7 Å². The number of hydrogen-bond acceptors (Lipinski definition) is 10. The average Bonchev–Trinajstić information content (AvgIpc) is 3.09. The minimum atomic E-state index is -2.54. The zero-order valence-electron chi connectivity index (χ0n) is 33.6. The van der Waals surface area contributed by atoms with E-state index in [0.717, 1.165) is 36.3 Å². The zero-order valence-corrected chi connectivity index (χ0v) is 35.6. The number of carbonyl (C=O) groups is 3. The Kier molecular flexibility index (Phi) is 12.3. The lowest BCUT2D eigenvalue weighted by atomic mass is 9.44. The van der Waals surface area contributed by atoms with Gasteiger partial charge in [-0.1, -0.05) is 61.5 Å². The molecule has 12 heteroatoms. The van der Waals surface area contributed by atoms with Gasteiger partial charge in [0.1, 0.15) is 23.9 Å². The second-order valence-corrected chi connectivity index (χ2v) is 25.9. The van der Waals surface area contributed by atoms with Crippen LogP contribution in [0.5, 0.6) is 0 Å². The maximum atomic E-state index is 16.2. The van der Waals surface area contributed by atoms with Crippen molar-refractivity contribution in [1.29, 1.82) is 0 Å². The van der Waals surface area contributed by atoms with E-state index in [2.05, 4.69) is 41.5 Å². The zero-order chi connectivity index (χ0) is 38.5. The highest BCUT2D eigenvalue weighted by molar-refractivity contribution is 6.74. The van der Waals surface area contributed by atoms with E-state index in [4.69, 9.17) is 23.1 Å². The first kappa shape index (κ1) is 42.1. The van der Waals surface area contributed by atoms with Crippen LogP contribution in [0.15, 0.2) is 22.8 Å². The van der Waals surface area contributed by atoms with Gasteiger partial charge in [0.05, 0.1) is 30.1 Å². The third-order valence-electron chi connectivity index (χ3n) is 14.3. The molecular formula is C39H66O10Si2. The molecule has 0 unspecified atom stereocenters. The molecular weight excluding hydrogens is 685 g/mol. The molecule has 51 heavy (non-hydrogen) atoms. The van der Waals surface area contributed by atoms with Gasteiger partial charge >= 0.3 is 11.9 Å².